The molecule has 1 heteroatoms. The van der Waals surface area contributed by atoms with Gasteiger partial charge in [-0.2, -0.15) is 0 Å². The Morgan fingerprint density at radius 3 is 2.00 bits per heavy atom. The molecular formula is C7H7Ti. The quantitative estimate of drug-likeness (QED) is 0.480. The third-order valence-electron chi connectivity index (χ3n) is 0.885. The third-order valence-corrected chi connectivity index (χ3v) is 0.885. The minimum atomic E-state index is 0. The summed E-state index contributed by atoms with van der Waals surface area (Å²) in [7, 11) is 0. The average molecular weight is 139 g/mol. The first-order valence-electron chi connectivity index (χ1n) is 2.32. The maximum Gasteiger partial charge on any atom is 0 e. The van der Waals surface area contributed by atoms with E-state index in [0.29, 0.717) is 0 Å². The molecule has 0 spiro atoms. The molecule has 0 aliphatic carbocycles. The van der Waals surface area contributed by atoms with Crippen molar-refractivity contribution >= 4 is 0 Å². The Balaban J connectivity index is 0.000000490. The smallest absolute Gasteiger partial charge is 0 e. The minimum absolute atomic E-state index is 0. The van der Waals surface area contributed by atoms with E-state index in [9.17, 15) is 0 Å². The normalized spacial score (nSPS) is 7.62. The van der Waals surface area contributed by atoms with E-state index in [1.165, 1.54) is 5.56 Å². The average Bonchev–Trinajstić information content (AvgIpc) is 1.69. The van der Waals surface area contributed by atoms with Crippen LogP contribution in [0.25, 0.3) is 0 Å². The van der Waals surface area contributed by atoms with Gasteiger partial charge in [-0.25, -0.2) is 0 Å². The zero-order valence-electron chi connectivity index (χ0n) is 4.81. The van der Waals surface area contributed by atoms with Crippen LogP contribution in [0.5, 0.6) is 0 Å². The molecule has 0 atom stereocenters. The van der Waals surface area contributed by atoms with Crippen LogP contribution in [0.2, 0.25) is 0 Å². The standard InChI is InChI=1S/C7H7.Ti/c1-7-5-3-2-4-6-7;/h3-6H,1H3;. The molecule has 1 aromatic rings. The zero-order valence-corrected chi connectivity index (χ0v) is 6.37. The second-order valence-electron chi connectivity index (χ2n) is 1.58. The predicted octanol–water partition coefficient (Wildman–Crippen LogP) is 1.79. The summed E-state index contributed by atoms with van der Waals surface area (Å²) >= 11 is 0. The zero-order chi connectivity index (χ0) is 5.11. The van der Waals surface area contributed by atoms with Crippen LogP contribution >= 0.6 is 0 Å². The Kier molecular flexibility index (Phi) is 3.85. The fourth-order valence-corrected chi connectivity index (χ4v) is 0.470. The summed E-state index contributed by atoms with van der Waals surface area (Å²) in [4.78, 5) is 0. The van der Waals surface area contributed by atoms with Gasteiger partial charge in [0.1, 0.15) is 0 Å². The van der Waals surface area contributed by atoms with Gasteiger partial charge in [-0.15, -0.1) is 0 Å². The van der Waals surface area contributed by atoms with Crippen LogP contribution in [-0.2, 0) is 21.7 Å². The summed E-state index contributed by atoms with van der Waals surface area (Å²) in [6.45, 7) is 2.06. The van der Waals surface area contributed by atoms with Gasteiger partial charge in [-0.05, 0) is 13.0 Å². The van der Waals surface area contributed by atoms with Gasteiger partial charge in [0.05, 0.1) is 0 Å². The Hall–Kier alpha value is -0.0657. The first-order valence-corrected chi connectivity index (χ1v) is 2.32. The summed E-state index contributed by atoms with van der Waals surface area (Å²) in [5.74, 6) is 0. The molecule has 0 heterocycles. The summed E-state index contributed by atoms with van der Waals surface area (Å²) in [6, 6.07) is 10.8. The van der Waals surface area contributed by atoms with Gasteiger partial charge in [0, 0.05) is 21.7 Å². The molecular weight excluding hydrogens is 132 g/mol. The molecule has 8 heavy (non-hydrogen) atoms. The van der Waals surface area contributed by atoms with E-state index >= 15 is 0 Å². The molecule has 0 aromatic heterocycles. The van der Waals surface area contributed by atoms with Gasteiger partial charge >= 0.3 is 0 Å². The maximum absolute atomic E-state index is 2.93. The SMILES string of the molecule is Cc1cc[c]cc1.[Ti]. The number of aryl methyl sites for hydroxylation is 1. The van der Waals surface area contributed by atoms with Crippen molar-refractivity contribution in [2.24, 2.45) is 0 Å². The van der Waals surface area contributed by atoms with Gasteiger partial charge < -0.3 is 0 Å². The van der Waals surface area contributed by atoms with Gasteiger partial charge in [0.15, 0.2) is 0 Å². The molecule has 0 unspecified atom stereocenters. The van der Waals surface area contributed by atoms with Crippen LogP contribution in [0.3, 0.4) is 0 Å². The van der Waals surface area contributed by atoms with Gasteiger partial charge in [-0.3, -0.25) is 0 Å². The number of benzene rings is 1. The molecule has 0 fully saturated rings. The van der Waals surface area contributed by atoms with Crippen molar-refractivity contribution in [1.82, 2.24) is 0 Å². The van der Waals surface area contributed by atoms with Crippen molar-refractivity contribution in [2.45, 2.75) is 6.92 Å². The molecule has 0 N–H and O–H groups in total. The Morgan fingerprint density at radius 2 is 1.75 bits per heavy atom. The van der Waals surface area contributed by atoms with Crippen LogP contribution in [-0.4, -0.2) is 0 Å². The van der Waals surface area contributed by atoms with Crippen LogP contribution in [0.1, 0.15) is 5.56 Å². The molecule has 0 saturated carbocycles. The fourth-order valence-electron chi connectivity index (χ4n) is 0.470. The van der Waals surface area contributed by atoms with Crippen LogP contribution in [0.4, 0.5) is 0 Å². The van der Waals surface area contributed by atoms with Gasteiger partial charge in [-0.1, -0.05) is 29.8 Å². The summed E-state index contributed by atoms with van der Waals surface area (Å²) < 4.78 is 0. The molecule has 0 nitrogen and oxygen atoms in total. The van der Waals surface area contributed by atoms with E-state index in [4.69, 9.17) is 0 Å². The summed E-state index contributed by atoms with van der Waals surface area (Å²) in [5.41, 5.74) is 1.29. The Labute approximate surface area is 64.8 Å². The predicted molar refractivity (Wildman–Crippen MR) is 30.0 cm³/mol. The van der Waals surface area contributed by atoms with E-state index in [0.717, 1.165) is 0 Å². The van der Waals surface area contributed by atoms with Crippen molar-refractivity contribution in [3.63, 3.8) is 0 Å². The number of rotatable bonds is 0. The molecule has 0 aliphatic heterocycles. The largest absolute Gasteiger partial charge is 0.0587 e. The van der Waals surface area contributed by atoms with E-state index in [-0.39, 0.29) is 21.7 Å². The van der Waals surface area contributed by atoms with E-state index in [1.807, 2.05) is 24.3 Å². The number of hydrogen-bond acceptors (Lipinski definition) is 0. The molecule has 0 aliphatic rings. The Morgan fingerprint density at radius 1 is 1.25 bits per heavy atom. The van der Waals surface area contributed by atoms with E-state index < -0.39 is 0 Å². The fraction of sp³-hybridized carbons (Fsp3) is 0.143. The monoisotopic (exact) mass is 139 g/mol. The molecule has 1 rings (SSSR count). The maximum atomic E-state index is 2.93. The Bertz CT molecular complexity index is 134. The molecule has 1 radical (unpaired) electrons. The van der Waals surface area contributed by atoms with Crippen molar-refractivity contribution in [2.75, 3.05) is 0 Å². The van der Waals surface area contributed by atoms with Crippen molar-refractivity contribution in [3.8, 4) is 0 Å². The topological polar surface area (TPSA) is 0 Å². The molecule has 0 amide bonds. The van der Waals surface area contributed by atoms with E-state index in [2.05, 4.69) is 13.0 Å². The first kappa shape index (κ1) is 7.93. The summed E-state index contributed by atoms with van der Waals surface area (Å²) in [6.07, 6.45) is 0. The summed E-state index contributed by atoms with van der Waals surface area (Å²) in [5, 5.41) is 0. The van der Waals surface area contributed by atoms with Crippen molar-refractivity contribution < 1.29 is 21.7 Å². The van der Waals surface area contributed by atoms with Crippen molar-refractivity contribution in [3.05, 3.63) is 35.9 Å². The second-order valence-corrected chi connectivity index (χ2v) is 1.58. The molecule has 0 bridgehead atoms. The van der Waals surface area contributed by atoms with E-state index in [1.54, 1.807) is 0 Å². The van der Waals surface area contributed by atoms with Crippen molar-refractivity contribution in [1.29, 1.82) is 0 Å². The minimum Gasteiger partial charge on any atom is -0.0587 e. The van der Waals surface area contributed by atoms with Crippen LogP contribution in [0, 0.1) is 13.0 Å². The molecule has 39 valence electrons. The van der Waals surface area contributed by atoms with Crippen LogP contribution in [0.15, 0.2) is 24.3 Å². The van der Waals surface area contributed by atoms with Gasteiger partial charge in [0.25, 0.3) is 0 Å². The second kappa shape index (κ2) is 3.88. The molecule has 0 saturated heterocycles. The number of hydrogen-bond donors (Lipinski definition) is 0. The van der Waals surface area contributed by atoms with Crippen LogP contribution < -0.4 is 0 Å². The third kappa shape index (κ3) is 2.30. The molecule has 1 aromatic carbocycles. The van der Waals surface area contributed by atoms with Gasteiger partial charge in [0.2, 0.25) is 0 Å². The first-order chi connectivity index (χ1) is 3.39.